The van der Waals surface area contributed by atoms with Gasteiger partial charge in [-0.15, -0.1) is 0 Å². The van der Waals surface area contributed by atoms with E-state index in [4.69, 9.17) is 9.97 Å². The molecule has 0 aliphatic rings. The van der Waals surface area contributed by atoms with E-state index in [1.165, 1.54) is 0 Å². The normalized spacial score (nSPS) is 10.4. The van der Waals surface area contributed by atoms with Crippen LogP contribution in [0, 0.1) is 0 Å². The molecule has 0 saturated heterocycles. The minimum atomic E-state index is 0. The Morgan fingerprint density at radius 1 is 0.750 bits per heavy atom. The molecule has 3 aromatic heterocycles. The van der Waals surface area contributed by atoms with Gasteiger partial charge in [0.2, 0.25) is 5.69 Å². The second-order valence-corrected chi connectivity index (χ2v) is 5.32. The van der Waals surface area contributed by atoms with Crippen molar-refractivity contribution >= 4 is 11.0 Å². The Balaban J connectivity index is 0.00000169. The van der Waals surface area contributed by atoms with Crippen LogP contribution in [0.25, 0.3) is 33.8 Å². The second-order valence-electron chi connectivity index (χ2n) is 5.32. The van der Waals surface area contributed by atoms with Crippen LogP contribution in [0.15, 0.2) is 73.1 Å². The maximum absolute atomic E-state index is 4.86. The van der Waals surface area contributed by atoms with Gasteiger partial charge < -0.3 is 24.0 Å². The third kappa shape index (κ3) is 2.99. The summed E-state index contributed by atoms with van der Waals surface area (Å²) in [5.41, 5.74) is 5.22. The van der Waals surface area contributed by atoms with E-state index in [0.29, 0.717) is 0 Å². The van der Waals surface area contributed by atoms with Crippen molar-refractivity contribution in [3.05, 3.63) is 73.1 Å². The van der Waals surface area contributed by atoms with Gasteiger partial charge in [-0.25, -0.2) is 9.97 Å². The summed E-state index contributed by atoms with van der Waals surface area (Å²) < 4.78 is 2.05. The standard InChI is InChI=1S/C19H15N4.HI/c1-23-13-7-5-11-17(23)19-18(16-10-4-6-12-20-16)21-14-8-2-3-9-15(14)22-19;/h2-13H,1H3;1H/q+1;/p-1. The van der Waals surface area contributed by atoms with Gasteiger partial charge in [0.05, 0.1) is 16.7 Å². The molecule has 0 unspecified atom stereocenters. The number of rotatable bonds is 2. The SMILES string of the molecule is C[n+]1ccccc1-c1nc2ccccc2nc1-c1ccccn1.[I-]. The summed E-state index contributed by atoms with van der Waals surface area (Å²) in [6, 6.07) is 19.8. The van der Waals surface area contributed by atoms with Crippen LogP contribution in [0.3, 0.4) is 0 Å². The summed E-state index contributed by atoms with van der Waals surface area (Å²) in [4.78, 5) is 14.1. The van der Waals surface area contributed by atoms with Crippen molar-refractivity contribution in [2.75, 3.05) is 0 Å². The first-order valence-corrected chi connectivity index (χ1v) is 7.46. The van der Waals surface area contributed by atoms with Crippen molar-refractivity contribution in [2.24, 2.45) is 7.05 Å². The second kappa shape index (κ2) is 7.00. The first-order chi connectivity index (χ1) is 11.3. The zero-order valence-corrected chi connectivity index (χ0v) is 15.3. The van der Waals surface area contributed by atoms with Gasteiger partial charge in [0.15, 0.2) is 11.9 Å². The minimum Gasteiger partial charge on any atom is -1.00 e. The van der Waals surface area contributed by atoms with E-state index < -0.39 is 0 Å². The molecule has 0 radical (unpaired) electrons. The van der Waals surface area contributed by atoms with Crippen molar-refractivity contribution in [1.29, 1.82) is 0 Å². The molecule has 0 bridgehead atoms. The van der Waals surface area contributed by atoms with E-state index in [0.717, 1.165) is 33.8 Å². The van der Waals surface area contributed by atoms with Gasteiger partial charge in [-0.05, 0) is 30.3 Å². The first-order valence-electron chi connectivity index (χ1n) is 7.46. The number of pyridine rings is 2. The Labute approximate surface area is 157 Å². The fourth-order valence-electron chi connectivity index (χ4n) is 2.63. The van der Waals surface area contributed by atoms with Crippen molar-refractivity contribution in [3.8, 4) is 22.8 Å². The van der Waals surface area contributed by atoms with Crippen LogP contribution in [-0.2, 0) is 7.05 Å². The quantitative estimate of drug-likeness (QED) is 0.340. The highest BCUT2D eigenvalue weighted by molar-refractivity contribution is 5.83. The number of halogens is 1. The number of hydrogen-bond acceptors (Lipinski definition) is 3. The largest absolute Gasteiger partial charge is 1.00 e. The zero-order valence-electron chi connectivity index (χ0n) is 13.1. The van der Waals surface area contributed by atoms with Gasteiger partial charge in [0, 0.05) is 18.3 Å². The highest BCUT2D eigenvalue weighted by atomic mass is 127. The number of benzene rings is 1. The number of aromatic nitrogens is 4. The Kier molecular flexibility index (Phi) is 4.80. The van der Waals surface area contributed by atoms with Crippen molar-refractivity contribution in [3.63, 3.8) is 0 Å². The highest BCUT2D eigenvalue weighted by Crippen LogP contribution is 2.27. The van der Waals surface area contributed by atoms with Gasteiger partial charge in [-0.3, -0.25) is 4.98 Å². The van der Waals surface area contributed by atoms with E-state index in [-0.39, 0.29) is 24.0 Å². The predicted octanol–water partition coefficient (Wildman–Crippen LogP) is 0.187. The minimum absolute atomic E-state index is 0. The van der Waals surface area contributed by atoms with Gasteiger partial charge >= 0.3 is 0 Å². The molecule has 0 spiro atoms. The molecule has 5 heteroatoms. The topological polar surface area (TPSA) is 42.5 Å². The fraction of sp³-hybridized carbons (Fsp3) is 0.0526. The Morgan fingerprint density at radius 3 is 2.08 bits per heavy atom. The molecule has 0 aliphatic carbocycles. The van der Waals surface area contributed by atoms with Crippen LogP contribution in [0.5, 0.6) is 0 Å². The number of aryl methyl sites for hydroxylation is 1. The maximum Gasteiger partial charge on any atom is 0.233 e. The molecular formula is C19H15IN4. The van der Waals surface area contributed by atoms with E-state index in [1.54, 1.807) is 6.20 Å². The molecule has 0 fully saturated rings. The lowest BCUT2D eigenvalue weighted by Crippen LogP contribution is -3.00. The van der Waals surface area contributed by atoms with Gasteiger partial charge in [-0.1, -0.05) is 18.2 Å². The summed E-state index contributed by atoms with van der Waals surface area (Å²) in [5, 5.41) is 0. The molecule has 0 aliphatic heterocycles. The van der Waals surface area contributed by atoms with Crippen LogP contribution in [0.4, 0.5) is 0 Å². The first kappa shape index (κ1) is 16.4. The molecule has 0 saturated carbocycles. The van der Waals surface area contributed by atoms with E-state index in [2.05, 4.69) is 4.98 Å². The van der Waals surface area contributed by atoms with E-state index >= 15 is 0 Å². The van der Waals surface area contributed by atoms with Gasteiger partial charge in [0.25, 0.3) is 0 Å². The molecule has 4 nitrogen and oxygen atoms in total. The average molecular weight is 426 g/mol. The molecule has 0 amide bonds. The number of hydrogen-bond donors (Lipinski definition) is 0. The number of para-hydroxylation sites is 2. The molecule has 4 aromatic rings. The number of nitrogens with zero attached hydrogens (tertiary/aromatic N) is 4. The average Bonchev–Trinajstić information content (AvgIpc) is 2.62. The van der Waals surface area contributed by atoms with Gasteiger partial charge in [0.1, 0.15) is 12.7 Å². The van der Waals surface area contributed by atoms with Crippen LogP contribution >= 0.6 is 0 Å². The lowest BCUT2D eigenvalue weighted by atomic mass is 10.1. The molecule has 0 atom stereocenters. The summed E-state index contributed by atoms with van der Waals surface area (Å²) in [6.07, 6.45) is 3.79. The van der Waals surface area contributed by atoms with Crippen LogP contribution in [-0.4, -0.2) is 15.0 Å². The monoisotopic (exact) mass is 426 g/mol. The van der Waals surface area contributed by atoms with Gasteiger partial charge in [-0.2, -0.15) is 4.57 Å². The Hall–Kier alpha value is -2.41. The Morgan fingerprint density at radius 2 is 1.42 bits per heavy atom. The highest BCUT2D eigenvalue weighted by Gasteiger charge is 2.19. The predicted molar refractivity (Wildman–Crippen MR) is 89.4 cm³/mol. The molecular weight excluding hydrogens is 411 g/mol. The lowest BCUT2D eigenvalue weighted by Gasteiger charge is -2.08. The van der Waals surface area contributed by atoms with Crippen LogP contribution < -0.4 is 28.5 Å². The Bertz CT molecular complexity index is 987. The van der Waals surface area contributed by atoms with Crippen LogP contribution in [0.2, 0.25) is 0 Å². The van der Waals surface area contributed by atoms with Crippen molar-refractivity contribution in [1.82, 2.24) is 15.0 Å². The molecule has 3 heterocycles. The van der Waals surface area contributed by atoms with Crippen LogP contribution in [0.1, 0.15) is 0 Å². The van der Waals surface area contributed by atoms with E-state index in [1.807, 2.05) is 78.5 Å². The summed E-state index contributed by atoms with van der Waals surface area (Å²) in [7, 11) is 2.01. The smallest absolute Gasteiger partial charge is 0.233 e. The maximum atomic E-state index is 4.86. The van der Waals surface area contributed by atoms with Crippen molar-refractivity contribution in [2.45, 2.75) is 0 Å². The fourth-order valence-corrected chi connectivity index (χ4v) is 2.63. The zero-order chi connectivity index (χ0) is 15.6. The third-order valence-electron chi connectivity index (χ3n) is 3.78. The third-order valence-corrected chi connectivity index (χ3v) is 3.78. The molecule has 4 rings (SSSR count). The van der Waals surface area contributed by atoms with Crippen molar-refractivity contribution < 1.29 is 28.5 Å². The summed E-state index contributed by atoms with van der Waals surface area (Å²) in [5.74, 6) is 0. The molecule has 0 N–H and O–H groups in total. The summed E-state index contributed by atoms with van der Waals surface area (Å²) in [6.45, 7) is 0. The summed E-state index contributed by atoms with van der Waals surface area (Å²) >= 11 is 0. The molecule has 24 heavy (non-hydrogen) atoms. The molecule has 118 valence electrons. The van der Waals surface area contributed by atoms with E-state index in [9.17, 15) is 0 Å². The molecule has 1 aromatic carbocycles. The lowest BCUT2D eigenvalue weighted by molar-refractivity contribution is -0.660. The number of fused-ring (bicyclic) bond motifs is 1.